The van der Waals surface area contributed by atoms with Crippen LogP contribution < -0.4 is 0 Å². The SMILES string of the molecule is CCCS(=O)(=O)CC(=O)N1CCC(Cn2ccnn2)CC1. The molecule has 21 heavy (non-hydrogen) atoms. The van der Waals surface area contributed by atoms with Crippen LogP contribution in [0.3, 0.4) is 0 Å². The van der Waals surface area contributed by atoms with E-state index in [2.05, 4.69) is 10.3 Å². The summed E-state index contributed by atoms with van der Waals surface area (Å²) < 4.78 is 25.2. The normalized spacial score (nSPS) is 17.1. The summed E-state index contributed by atoms with van der Waals surface area (Å²) in [6, 6.07) is 0. The van der Waals surface area contributed by atoms with Crippen molar-refractivity contribution in [3.05, 3.63) is 12.4 Å². The summed E-state index contributed by atoms with van der Waals surface area (Å²) >= 11 is 0. The van der Waals surface area contributed by atoms with E-state index in [0.717, 1.165) is 19.4 Å². The predicted octanol–water partition coefficient (Wildman–Crippen LogP) is 0.341. The maximum atomic E-state index is 12.0. The fraction of sp³-hybridized carbons (Fsp3) is 0.769. The van der Waals surface area contributed by atoms with Crippen LogP contribution in [0.15, 0.2) is 12.4 Å². The first kappa shape index (κ1) is 15.9. The van der Waals surface area contributed by atoms with Crippen molar-refractivity contribution in [1.82, 2.24) is 19.9 Å². The van der Waals surface area contributed by atoms with E-state index >= 15 is 0 Å². The zero-order valence-corrected chi connectivity index (χ0v) is 13.1. The highest BCUT2D eigenvalue weighted by atomic mass is 32.2. The van der Waals surface area contributed by atoms with Crippen molar-refractivity contribution in [2.45, 2.75) is 32.7 Å². The molecule has 2 heterocycles. The highest BCUT2D eigenvalue weighted by molar-refractivity contribution is 7.92. The average Bonchev–Trinajstić information content (AvgIpc) is 2.91. The quantitative estimate of drug-likeness (QED) is 0.756. The van der Waals surface area contributed by atoms with Crippen LogP contribution in [0.1, 0.15) is 26.2 Å². The molecule has 8 heteroatoms. The fourth-order valence-corrected chi connectivity index (χ4v) is 3.95. The minimum atomic E-state index is -3.25. The molecule has 0 radical (unpaired) electrons. The molecule has 0 unspecified atom stereocenters. The van der Waals surface area contributed by atoms with Gasteiger partial charge in [-0.25, -0.2) is 8.42 Å². The van der Waals surface area contributed by atoms with E-state index in [0.29, 0.717) is 25.4 Å². The van der Waals surface area contributed by atoms with Gasteiger partial charge in [0.1, 0.15) is 5.75 Å². The molecule has 0 spiro atoms. The van der Waals surface area contributed by atoms with Crippen molar-refractivity contribution in [1.29, 1.82) is 0 Å². The first-order valence-corrected chi connectivity index (χ1v) is 9.14. The minimum absolute atomic E-state index is 0.0848. The molecule has 1 aromatic rings. The molecule has 1 aliphatic rings. The number of likely N-dealkylation sites (tertiary alicyclic amines) is 1. The Balaban J connectivity index is 1.79. The number of sulfone groups is 1. The maximum absolute atomic E-state index is 12.0. The zero-order chi connectivity index (χ0) is 15.3. The monoisotopic (exact) mass is 314 g/mol. The van der Waals surface area contributed by atoms with E-state index in [1.54, 1.807) is 22.7 Å². The molecular weight excluding hydrogens is 292 g/mol. The Morgan fingerprint density at radius 2 is 2.05 bits per heavy atom. The topological polar surface area (TPSA) is 85.2 Å². The minimum Gasteiger partial charge on any atom is -0.342 e. The molecule has 1 aromatic heterocycles. The van der Waals surface area contributed by atoms with Crippen LogP contribution in [-0.4, -0.2) is 58.8 Å². The fourth-order valence-electron chi connectivity index (χ4n) is 2.62. The third-order valence-electron chi connectivity index (χ3n) is 3.74. The van der Waals surface area contributed by atoms with Gasteiger partial charge in [-0.2, -0.15) is 0 Å². The summed E-state index contributed by atoms with van der Waals surface area (Å²) in [5.41, 5.74) is 0. The lowest BCUT2D eigenvalue weighted by Gasteiger charge is -2.31. The molecule has 0 aromatic carbocycles. The first-order chi connectivity index (χ1) is 10.00. The van der Waals surface area contributed by atoms with Gasteiger partial charge in [-0.3, -0.25) is 9.48 Å². The molecule has 2 rings (SSSR count). The Hall–Kier alpha value is -1.44. The Morgan fingerprint density at radius 1 is 1.33 bits per heavy atom. The van der Waals surface area contributed by atoms with Crippen LogP contribution >= 0.6 is 0 Å². The molecule has 7 nitrogen and oxygen atoms in total. The van der Waals surface area contributed by atoms with Crippen LogP contribution in [0, 0.1) is 5.92 Å². The summed E-state index contributed by atoms with van der Waals surface area (Å²) in [5.74, 6) is -0.0681. The van der Waals surface area contributed by atoms with Crippen LogP contribution in [0.5, 0.6) is 0 Å². The molecule has 0 aliphatic carbocycles. The summed E-state index contributed by atoms with van der Waals surface area (Å²) in [5, 5.41) is 7.71. The molecule has 118 valence electrons. The van der Waals surface area contributed by atoms with Crippen LogP contribution in [-0.2, 0) is 21.2 Å². The number of carbonyl (C=O) groups excluding carboxylic acids is 1. The van der Waals surface area contributed by atoms with Gasteiger partial charge >= 0.3 is 0 Å². The van der Waals surface area contributed by atoms with Gasteiger partial charge in [0.25, 0.3) is 0 Å². The maximum Gasteiger partial charge on any atom is 0.237 e. The van der Waals surface area contributed by atoms with E-state index in [-0.39, 0.29) is 17.4 Å². The summed E-state index contributed by atoms with van der Waals surface area (Å²) in [6.45, 7) is 3.85. The van der Waals surface area contributed by atoms with Crippen molar-refractivity contribution in [2.24, 2.45) is 5.92 Å². The molecule has 1 saturated heterocycles. The number of amides is 1. The van der Waals surface area contributed by atoms with Crippen molar-refractivity contribution in [3.8, 4) is 0 Å². The number of piperidine rings is 1. The highest BCUT2D eigenvalue weighted by Crippen LogP contribution is 2.19. The van der Waals surface area contributed by atoms with Gasteiger partial charge in [-0.15, -0.1) is 5.10 Å². The van der Waals surface area contributed by atoms with Crippen LogP contribution in [0.25, 0.3) is 0 Å². The van der Waals surface area contributed by atoms with Crippen molar-refractivity contribution in [2.75, 3.05) is 24.6 Å². The molecule has 1 aliphatic heterocycles. The zero-order valence-electron chi connectivity index (χ0n) is 12.3. The van der Waals surface area contributed by atoms with E-state index in [1.165, 1.54) is 0 Å². The van der Waals surface area contributed by atoms with E-state index in [9.17, 15) is 13.2 Å². The third-order valence-corrected chi connectivity index (χ3v) is 5.46. The second-order valence-corrected chi connectivity index (χ2v) is 7.73. The third kappa shape index (κ3) is 4.80. The van der Waals surface area contributed by atoms with Gasteiger partial charge < -0.3 is 4.90 Å². The van der Waals surface area contributed by atoms with E-state index < -0.39 is 9.84 Å². The van der Waals surface area contributed by atoms with Gasteiger partial charge in [0, 0.05) is 25.8 Å². The molecular formula is C13H22N4O3S. The number of aromatic nitrogens is 3. The van der Waals surface area contributed by atoms with Gasteiger partial charge in [0.05, 0.1) is 11.9 Å². The summed E-state index contributed by atoms with van der Waals surface area (Å²) in [7, 11) is -3.25. The number of hydrogen-bond donors (Lipinski definition) is 0. The lowest BCUT2D eigenvalue weighted by Crippen LogP contribution is -2.42. The molecule has 0 saturated carbocycles. The van der Waals surface area contributed by atoms with Crippen molar-refractivity contribution < 1.29 is 13.2 Å². The average molecular weight is 314 g/mol. The molecule has 1 amide bonds. The van der Waals surface area contributed by atoms with Crippen LogP contribution in [0.2, 0.25) is 0 Å². The largest absolute Gasteiger partial charge is 0.342 e. The Kier molecular flexibility index (Phi) is 5.33. The smallest absolute Gasteiger partial charge is 0.237 e. The Labute approximate surface area is 125 Å². The summed E-state index contributed by atoms with van der Waals surface area (Å²) in [4.78, 5) is 13.7. The lowest BCUT2D eigenvalue weighted by molar-refractivity contribution is -0.129. The standard InChI is InChI=1S/C13H22N4O3S/c1-2-9-21(19,20)11-13(18)16-6-3-12(4-7-16)10-17-8-5-14-15-17/h5,8,12H,2-4,6-7,9-11H2,1H3. The lowest BCUT2D eigenvalue weighted by atomic mass is 9.97. The Bertz CT molecular complexity index is 548. The molecule has 1 fully saturated rings. The molecule has 0 bridgehead atoms. The van der Waals surface area contributed by atoms with Crippen molar-refractivity contribution >= 4 is 15.7 Å². The van der Waals surface area contributed by atoms with Gasteiger partial charge in [0.15, 0.2) is 9.84 Å². The van der Waals surface area contributed by atoms with E-state index in [4.69, 9.17) is 0 Å². The van der Waals surface area contributed by atoms with Gasteiger partial charge in [-0.1, -0.05) is 12.1 Å². The number of hydrogen-bond acceptors (Lipinski definition) is 5. The first-order valence-electron chi connectivity index (χ1n) is 7.32. The van der Waals surface area contributed by atoms with Gasteiger partial charge in [-0.05, 0) is 25.2 Å². The molecule has 0 atom stereocenters. The second-order valence-electron chi connectivity index (χ2n) is 5.54. The number of carbonyl (C=O) groups is 1. The predicted molar refractivity (Wildman–Crippen MR) is 78.3 cm³/mol. The number of rotatable bonds is 6. The second kappa shape index (κ2) is 7.02. The molecule has 0 N–H and O–H groups in total. The van der Waals surface area contributed by atoms with Crippen molar-refractivity contribution in [3.63, 3.8) is 0 Å². The Morgan fingerprint density at radius 3 is 2.62 bits per heavy atom. The van der Waals surface area contributed by atoms with E-state index in [1.807, 2.05) is 6.20 Å². The van der Waals surface area contributed by atoms with Gasteiger partial charge in [0.2, 0.25) is 5.91 Å². The highest BCUT2D eigenvalue weighted by Gasteiger charge is 2.26. The van der Waals surface area contributed by atoms with Crippen LogP contribution in [0.4, 0.5) is 0 Å². The number of nitrogens with zero attached hydrogens (tertiary/aromatic N) is 4. The summed E-state index contributed by atoms with van der Waals surface area (Å²) in [6.07, 6.45) is 5.78.